The molecule has 1 heterocycles. The number of aldehydes is 1. The van der Waals surface area contributed by atoms with E-state index in [9.17, 15) is 9.18 Å². The predicted octanol–water partition coefficient (Wildman–Crippen LogP) is 2.91. The van der Waals surface area contributed by atoms with Gasteiger partial charge in [-0.2, -0.15) is 5.10 Å². The van der Waals surface area contributed by atoms with Crippen LogP contribution in [-0.4, -0.2) is 16.1 Å². The summed E-state index contributed by atoms with van der Waals surface area (Å²) in [6.07, 6.45) is 0.567. The molecule has 0 saturated heterocycles. The number of hydrogen-bond acceptors (Lipinski definition) is 3. The summed E-state index contributed by atoms with van der Waals surface area (Å²) in [7, 11) is 1.75. The van der Waals surface area contributed by atoms with Gasteiger partial charge in [-0.05, 0) is 19.1 Å². The van der Waals surface area contributed by atoms with Crippen LogP contribution in [0.1, 0.15) is 21.7 Å². The second kappa shape index (κ2) is 5.40. The van der Waals surface area contributed by atoms with Gasteiger partial charge < -0.3 is 4.74 Å². The van der Waals surface area contributed by atoms with E-state index in [1.54, 1.807) is 18.7 Å². The minimum Gasteiger partial charge on any atom is -0.487 e. The predicted molar refractivity (Wildman–Crippen MR) is 69.1 cm³/mol. The topological polar surface area (TPSA) is 44.1 Å². The third-order valence-electron chi connectivity index (χ3n) is 2.67. The number of ether oxygens (including phenoxy) is 1. The monoisotopic (exact) mass is 282 g/mol. The molecule has 0 N–H and O–H groups in total. The van der Waals surface area contributed by atoms with Crippen molar-refractivity contribution >= 4 is 17.9 Å². The summed E-state index contributed by atoms with van der Waals surface area (Å²) in [5.41, 5.74) is 1.62. The van der Waals surface area contributed by atoms with Crippen LogP contribution in [0.4, 0.5) is 4.39 Å². The fourth-order valence-electron chi connectivity index (χ4n) is 1.72. The molecule has 100 valence electrons. The summed E-state index contributed by atoms with van der Waals surface area (Å²) in [6, 6.07) is 3.82. The molecule has 0 unspecified atom stereocenters. The van der Waals surface area contributed by atoms with Gasteiger partial charge in [0.1, 0.15) is 24.5 Å². The second-order valence-corrected chi connectivity index (χ2v) is 4.47. The van der Waals surface area contributed by atoms with E-state index in [0.29, 0.717) is 22.7 Å². The number of carbonyl (C=O) groups is 1. The standard InChI is InChI=1S/C13H12ClFN2O2/c1-8-13(14)12(17(2)16-8)7-19-11-4-9(6-18)3-10(15)5-11/h3-6H,7H2,1-2H3. The molecule has 1 aromatic heterocycles. The number of aryl methyl sites for hydroxylation is 2. The van der Waals surface area contributed by atoms with Crippen molar-refractivity contribution in [1.29, 1.82) is 0 Å². The molecule has 0 bridgehead atoms. The molecule has 0 spiro atoms. The normalized spacial score (nSPS) is 10.5. The summed E-state index contributed by atoms with van der Waals surface area (Å²) in [5, 5.41) is 4.67. The molecular weight excluding hydrogens is 271 g/mol. The Kier molecular flexibility index (Phi) is 3.85. The number of benzene rings is 1. The Labute approximate surface area is 114 Å². The van der Waals surface area contributed by atoms with Crippen LogP contribution in [0.15, 0.2) is 18.2 Å². The lowest BCUT2D eigenvalue weighted by Gasteiger charge is -2.07. The van der Waals surface area contributed by atoms with Crippen molar-refractivity contribution in [2.24, 2.45) is 7.05 Å². The summed E-state index contributed by atoms with van der Waals surface area (Å²) in [6.45, 7) is 1.94. The van der Waals surface area contributed by atoms with Crippen molar-refractivity contribution in [3.63, 3.8) is 0 Å². The van der Waals surface area contributed by atoms with Crippen LogP contribution in [0.3, 0.4) is 0 Å². The highest BCUT2D eigenvalue weighted by molar-refractivity contribution is 6.31. The summed E-state index contributed by atoms with van der Waals surface area (Å²) in [5.74, 6) is -0.246. The average molecular weight is 283 g/mol. The van der Waals surface area contributed by atoms with Crippen LogP contribution < -0.4 is 4.74 Å². The van der Waals surface area contributed by atoms with Crippen LogP contribution in [0.2, 0.25) is 5.02 Å². The first-order valence-corrected chi connectivity index (χ1v) is 5.95. The highest BCUT2D eigenvalue weighted by Gasteiger charge is 2.12. The van der Waals surface area contributed by atoms with Crippen molar-refractivity contribution in [1.82, 2.24) is 9.78 Å². The Hall–Kier alpha value is -1.88. The Balaban J connectivity index is 2.18. The summed E-state index contributed by atoms with van der Waals surface area (Å²) in [4.78, 5) is 10.6. The first-order valence-electron chi connectivity index (χ1n) is 5.58. The first kappa shape index (κ1) is 13.5. The van der Waals surface area contributed by atoms with E-state index in [4.69, 9.17) is 16.3 Å². The molecule has 6 heteroatoms. The Morgan fingerprint density at radius 1 is 1.47 bits per heavy atom. The molecule has 0 aliphatic rings. The van der Waals surface area contributed by atoms with Crippen LogP contribution in [0.5, 0.6) is 5.75 Å². The van der Waals surface area contributed by atoms with Gasteiger partial charge in [-0.25, -0.2) is 4.39 Å². The molecule has 2 rings (SSSR count). The fourth-order valence-corrected chi connectivity index (χ4v) is 1.94. The Morgan fingerprint density at radius 3 is 2.79 bits per heavy atom. The van der Waals surface area contributed by atoms with Gasteiger partial charge in [-0.3, -0.25) is 9.48 Å². The zero-order valence-electron chi connectivity index (χ0n) is 10.5. The lowest BCUT2D eigenvalue weighted by Crippen LogP contribution is -2.04. The van der Waals surface area contributed by atoms with Crippen LogP contribution in [0, 0.1) is 12.7 Å². The average Bonchev–Trinajstić information content (AvgIpc) is 2.60. The van der Waals surface area contributed by atoms with Gasteiger partial charge in [0, 0.05) is 18.7 Å². The Bertz CT molecular complexity index is 625. The summed E-state index contributed by atoms with van der Waals surface area (Å²) >= 11 is 6.08. The first-order chi connectivity index (χ1) is 9.01. The third kappa shape index (κ3) is 2.93. The van der Waals surface area contributed by atoms with Gasteiger partial charge in [0.25, 0.3) is 0 Å². The fraction of sp³-hybridized carbons (Fsp3) is 0.231. The van der Waals surface area contributed by atoms with Crippen molar-refractivity contribution in [3.05, 3.63) is 46.0 Å². The van der Waals surface area contributed by atoms with Gasteiger partial charge in [0.15, 0.2) is 0 Å². The maximum Gasteiger partial charge on any atom is 0.150 e. The van der Waals surface area contributed by atoms with Gasteiger partial charge in [-0.15, -0.1) is 0 Å². The van der Waals surface area contributed by atoms with E-state index in [-0.39, 0.29) is 17.9 Å². The molecule has 0 saturated carbocycles. The number of aromatic nitrogens is 2. The van der Waals surface area contributed by atoms with Gasteiger partial charge in [0.2, 0.25) is 0 Å². The van der Waals surface area contributed by atoms with Gasteiger partial charge in [-0.1, -0.05) is 11.6 Å². The zero-order valence-corrected chi connectivity index (χ0v) is 11.2. The molecule has 1 aromatic carbocycles. The van der Waals surface area contributed by atoms with E-state index >= 15 is 0 Å². The van der Waals surface area contributed by atoms with Crippen molar-refractivity contribution in [3.8, 4) is 5.75 Å². The number of nitrogens with zero attached hydrogens (tertiary/aromatic N) is 2. The highest BCUT2D eigenvalue weighted by atomic mass is 35.5. The second-order valence-electron chi connectivity index (χ2n) is 4.10. The smallest absolute Gasteiger partial charge is 0.150 e. The van der Waals surface area contributed by atoms with E-state index < -0.39 is 5.82 Å². The molecule has 0 aliphatic heterocycles. The third-order valence-corrected chi connectivity index (χ3v) is 3.16. The van der Waals surface area contributed by atoms with E-state index in [1.165, 1.54) is 12.1 Å². The molecule has 0 amide bonds. The maximum atomic E-state index is 13.2. The van der Waals surface area contributed by atoms with Crippen molar-refractivity contribution in [2.45, 2.75) is 13.5 Å². The Morgan fingerprint density at radius 2 is 2.21 bits per heavy atom. The molecule has 0 atom stereocenters. The number of halogens is 2. The molecule has 2 aromatic rings. The number of hydrogen-bond donors (Lipinski definition) is 0. The molecule has 0 fully saturated rings. The lowest BCUT2D eigenvalue weighted by molar-refractivity contribution is 0.112. The van der Waals surface area contributed by atoms with Crippen LogP contribution in [0.25, 0.3) is 0 Å². The van der Waals surface area contributed by atoms with Gasteiger partial charge >= 0.3 is 0 Å². The molecule has 0 radical (unpaired) electrons. The minimum absolute atomic E-state index is 0.151. The largest absolute Gasteiger partial charge is 0.487 e. The zero-order chi connectivity index (χ0) is 14.0. The van der Waals surface area contributed by atoms with Crippen molar-refractivity contribution in [2.75, 3.05) is 0 Å². The number of rotatable bonds is 4. The van der Waals surface area contributed by atoms with E-state index in [2.05, 4.69) is 5.10 Å². The van der Waals surface area contributed by atoms with E-state index in [0.717, 1.165) is 6.07 Å². The van der Waals surface area contributed by atoms with Crippen LogP contribution >= 0.6 is 11.6 Å². The lowest BCUT2D eigenvalue weighted by atomic mass is 10.2. The van der Waals surface area contributed by atoms with Gasteiger partial charge in [0.05, 0.1) is 16.4 Å². The minimum atomic E-state index is -0.521. The maximum absolute atomic E-state index is 13.2. The molecular formula is C13H12ClFN2O2. The highest BCUT2D eigenvalue weighted by Crippen LogP contribution is 2.22. The SMILES string of the molecule is Cc1nn(C)c(COc2cc(F)cc(C=O)c2)c1Cl. The van der Waals surface area contributed by atoms with Crippen molar-refractivity contribution < 1.29 is 13.9 Å². The molecule has 19 heavy (non-hydrogen) atoms. The summed E-state index contributed by atoms with van der Waals surface area (Å²) < 4.78 is 20.3. The number of carbonyl (C=O) groups excluding carboxylic acids is 1. The molecule has 4 nitrogen and oxygen atoms in total. The molecule has 0 aliphatic carbocycles. The quantitative estimate of drug-likeness (QED) is 0.810. The van der Waals surface area contributed by atoms with E-state index in [1.807, 2.05) is 0 Å². The van der Waals surface area contributed by atoms with Crippen LogP contribution in [-0.2, 0) is 13.7 Å².